The van der Waals surface area contributed by atoms with Crippen molar-refractivity contribution >= 4 is 5.91 Å². The van der Waals surface area contributed by atoms with Gasteiger partial charge in [0.2, 0.25) is 0 Å². The Morgan fingerprint density at radius 1 is 1.42 bits per heavy atom. The molecular weight excluding hydrogens is 308 g/mol. The van der Waals surface area contributed by atoms with Gasteiger partial charge in [0, 0.05) is 31.3 Å². The molecule has 126 valence electrons. The maximum absolute atomic E-state index is 12.3. The van der Waals surface area contributed by atoms with E-state index in [4.69, 9.17) is 9.47 Å². The first kappa shape index (κ1) is 15.0. The lowest BCUT2D eigenvalue weighted by Crippen LogP contribution is -2.52. The quantitative estimate of drug-likeness (QED) is 0.850. The second kappa shape index (κ2) is 5.51. The number of hydrogen-bond acceptors (Lipinski definition) is 5. The fourth-order valence-corrected chi connectivity index (χ4v) is 3.17. The molecule has 0 aliphatic carbocycles. The lowest BCUT2D eigenvalue weighted by molar-refractivity contribution is -0.139. The first-order valence-corrected chi connectivity index (χ1v) is 8.09. The molecular formula is C17H20N4O3. The molecule has 7 heteroatoms. The van der Waals surface area contributed by atoms with Gasteiger partial charge in [0.1, 0.15) is 5.60 Å². The van der Waals surface area contributed by atoms with Crippen LogP contribution in [0.5, 0.6) is 11.5 Å². The lowest BCUT2D eigenvalue weighted by Gasteiger charge is -2.38. The SMILES string of the molecule is CC1(C)Cc2cccc(OCC(=O)N3CC(n4ccnn4)C3)c2O1. The Hall–Kier alpha value is -2.57. The van der Waals surface area contributed by atoms with Crippen molar-refractivity contribution in [2.75, 3.05) is 19.7 Å². The van der Waals surface area contributed by atoms with Gasteiger partial charge in [-0.2, -0.15) is 0 Å². The van der Waals surface area contributed by atoms with Crippen molar-refractivity contribution in [3.63, 3.8) is 0 Å². The van der Waals surface area contributed by atoms with E-state index in [-0.39, 0.29) is 24.2 Å². The highest BCUT2D eigenvalue weighted by atomic mass is 16.5. The molecule has 2 aromatic rings. The van der Waals surface area contributed by atoms with Crippen molar-refractivity contribution in [1.82, 2.24) is 19.9 Å². The van der Waals surface area contributed by atoms with Gasteiger partial charge in [-0.25, -0.2) is 4.68 Å². The fourth-order valence-electron chi connectivity index (χ4n) is 3.17. The molecule has 0 spiro atoms. The summed E-state index contributed by atoms with van der Waals surface area (Å²) >= 11 is 0. The average Bonchev–Trinajstić information content (AvgIpc) is 3.09. The van der Waals surface area contributed by atoms with Crippen LogP contribution in [0.4, 0.5) is 0 Å². The zero-order valence-electron chi connectivity index (χ0n) is 13.8. The molecule has 0 N–H and O–H groups in total. The predicted octanol–water partition coefficient (Wildman–Crippen LogP) is 1.45. The van der Waals surface area contributed by atoms with Gasteiger partial charge in [-0.1, -0.05) is 17.3 Å². The number of rotatable bonds is 4. The number of aromatic nitrogens is 3. The molecule has 7 nitrogen and oxygen atoms in total. The maximum Gasteiger partial charge on any atom is 0.260 e. The number of amides is 1. The molecule has 1 fully saturated rings. The van der Waals surface area contributed by atoms with Crippen molar-refractivity contribution in [3.8, 4) is 11.5 Å². The molecule has 1 saturated heterocycles. The van der Waals surface area contributed by atoms with Crippen LogP contribution in [0.1, 0.15) is 25.5 Å². The molecule has 0 unspecified atom stereocenters. The van der Waals surface area contributed by atoms with Gasteiger partial charge in [0.05, 0.1) is 12.2 Å². The predicted molar refractivity (Wildman–Crippen MR) is 86.0 cm³/mol. The Balaban J connectivity index is 1.34. The molecule has 1 aromatic carbocycles. The minimum Gasteiger partial charge on any atom is -0.483 e. The Kier molecular flexibility index (Phi) is 3.44. The summed E-state index contributed by atoms with van der Waals surface area (Å²) < 4.78 is 13.5. The zero-order chi connectivity index (χ0) is 16.7. The molecule has 24 heavy (non-hydrogen) atoms. The van der Waals surface area contributed by atoms with Crippen LogP contribution >= 0.6 is 0 Å². The Bertz CT molecular complexity index is 751. The standard InChI is InChI=1S/C17H20N4O3/c1-17(2)8-12-4-3-5-14(16(12)24-17)23-11-15(22)20-9-13(10-20)21-7-6-18-19-21/h3-7,13H,8-11H2,1-2H3. The number of fused-ring (bicyclic) bond motifs is 1. The van der Waals surface area contributed by atoms with Gasteiger partial charge in [-0.15, -0.1) is 5.10 Å². The third-order valence-electron chi connectivity index (χ3n) is 4.44. The van der Waals surface area contributed by atoms with E-state index in [9.17, 15) is 4.79 Å². The number of hydrogen-bond donors (Lipinski definition) is 0. The van der Waals surface area contributed by atoms with E-state index in [1.807, 2.05) is 38.2 Å². The van der Waals surface area contributed by atoms with Gasteiger partial charge in [-0.05, 0) is 19.9 Å². The number of para-hydroxylation sites is 1. The van der Waals surface area contributed by atoms with Crippen LogP contribution in [-0.4, -0.2) is 51.1 Å². The number of carbonyl (C=O) groups excluding carboxylic acids is 1. The van der Waals surface area contributed by atoms with Crippen LogP contribution in [0.15, 0.2) is 30.6 Å². The summed E-state index contributed by atoms with van der Waals surface area (Å²) in [6, 6.07) is 6.04. The Morgan fingerprint density at radius 2 is 2.25 bits per heavy atom. The molecule has 0 radical (unpaired) electrons. The first-order chi connectivity index (χ1) is 11.5. The van der Waals surface area contributed by atoms with Crippen molar-refractivity contribution in [3.05, 3.63) is 36.2 Å². The first-order valence-electron chi connectivity index (χ1n) is 8.09. The third-order valence-corrected chi connectivity index (χ3v) is 4.44. The number of nitrogens with zero attached hydrogens (tertiary/aromatic N) is 4. The number of ether oxygens (including phenoxy) is 2. The Labute approximate surface area is 140 Å². The van der Waals surface area contributed by atoms with Gasteiger partial charge in [0.25, 0.3) is 5.91 Å². The smallest absolute Gasteiger partial charge is 0.260 e. The Morgan fingerprint density at radius 3 is 3.00 bits per heavy atom. The highest BCUT2D eigenvalue weighted by molar-refractivity contribution is 5.78. The van der Waals surface area contributed by atoms with Crippen LogP contribution < -0.4 is 9.47 Å². The van der Waals surface area contributed by atoms with Gasteiger partial charge < -0.3 is 14.4 Å². The molecule has 4 rings (SSSR count). The second-order valence-electron chi connectivity index (χ2n) is 6.91. The molecule has 1 amide bonds. The van der Waals surface area contributed by atoms with Gasteiger partial charge >= 0.3 is 0 Å². The summed E-state index contributed by atoms with van der Waals surface area (Å²) in [5.74, 6) is 1.38. The van der Waals surface area contributed by atoms with Crippen LogP contribution in [0, 0.1) is 0 Å². The molecule has 2 aliphatic heterocycles. The highest BCUT2D eigenvalue weighted by Gasteiger charge is 2.34. The molecule has 3 heterocycles. The monoisotopic (exact) mass is 328 g/mol. The number of carbonyl (C=O) groups is 1. The minimum absolute atomic E-state index is 0.0182. The van der Waals surface area contributed by atoms with E-state index < -0.39 is 0 Å². The topological polar surface area (TPSA) is 69.5 Å². The van der Waals surface area contributed by atoms with Crippen molar-refractivity contribution < 1.29 is 14.3 Å². The van der Waals surface area contributed by atoms with Crippen molar-refractivity contribution in [2.24, 2.45) is 0 Å². The highest BCUT2D eigenvalue weighted by Crippen LogP contribution is 2.41. The molecule has 0 saturated carbocycles. The summed E-state index contributed by atoms with van der Waals surface area (Å²) in [7, 11) is 0. The van der Waals surface area contributed by atoms with E-state index >= 15 is 0 Å². The van der Waals surface area contributed by atoms with Gasteiger partial charge in [0.15, 0.2) is 18.1 Å². The minimum atomic E-state index is -0.228. The molecule has 0 bridgehead atoms. The van der Waals surface area contributed by atoms with E-state index in [0.717, 1.165) is 17.7 Å². The van der Waals surface area contributed by atoms with E-state index in [2.05, 4.69) is 10.3 Å². The average molecular weight is 328 g/mol. The van der Waals surface area contributed by atoms with E-state index in [1.165, 1.54) is 0 Å². The summed E-state index contributed by atoms with van der Waals surface area (Å²) in [4.78, 5) is 14.0. The molecule has 2 aliphatic rings. The van der Waals surface area contributed by atoms with Crippen molar-refractivity contribution in [2.45, 2.75) is 31.9 Å². The zero-order valence-corrected chi connectivity index (χ0v) is 13.8. The van der Waals surface area contributed by atoms with Crippen LogP contribution in [0.2, 0.25) is 0 Å². The van der Waals surface area contributed by atoms with Crippen LogP contribution in [0.3, 0.4) is 0 Å². The van der Waals surface area contributed by atoms with Crippen LogP contribution in [-0.2, 0) is 11.2 Å². The second-order valence-corrected chi connectivity index (χ2v) is 6.91. The van der Waals surface area contributed by atoms with Crippen LogP contribution in [0.25, 0.3) is 0 Å². The number of benzene rings is 1. The maximum atomic E-state index is 12.3. The summed E-state index contributed by atoms with van der Waals surface area (Å²) in [6.07, 6.45) is 4.31. The van der Waals surface area contributed by atoms with E-state index in [0.29, 0.717) is 18.8 Å². The lowest BCUT2D eigenvalue weighted by atomic mass is 10.0. The summed E-state index contributed by atoms with van der Waals surface area (Å²) in [5, 5.41) is 7.75. The van der Waals surface area contributed by atoms with Crippen molar-refractivity contribution in [1.29, 1.82) is 0 Å². The largest absolute Gasteiger partial charge is 0.483 e. The molecule has 1 aromatic heterocycles. The summed E-state index contributed by atoms with van der Waals surface area (Å²) in [5.41, 5.74) is 0.897. The van der Waals surface area contributed by atoms with E-state index in [1.54, 1.807) is 15.8 Å². The summed E-state index contributed by atoms with van der Waals surface area (Å²) in [6.45, 7) is 5.40. The third kappa shape index (κ3) is 2.70. The molecule has 0 atom stereocenters. The normalized spacial score (nSPS) is 18.7. The van der Waals surface area contributed by atoms with Gasteiger partial charge in [-0.3, -0.25) is 4.79 Å². The fraction of sp³-hybridized carbons (Fsp3) is 0.471. The number of likely N-dealkylation sites (tertiary alicyclic amines) is 1.